The fourth-order valence-electron chi connectivity index (χ4n) is 2.72. The summed E-state index contributed by atoms with van der Waals surface area (Å²) >= 11 is 0. The summed E-state index contributed by atoms with van der Waals surface area (Å²) < 4.78 is 0. The minimum absolute atomic E-state index is 0.0628. The van der Waals surface area contributed by atoms with E-state index in [1.54, 1.807) is 23.2 Å². The number of pyridine rings is 1. The van der Waals surface area contributed by atoms with Gasteiger partial charge >= 0.3 is 0 Å². The van der Waals surface area contributed by atoms with E-state index >= 15 is 0 Å². The zero-order valence-electron chi connectivity index (χ0n) is 12.0. The van der Waals surface area contributed by atoms with Crippen LogP contribution in [-0.4, -0.2) is 51.8 Å². The van der Waals surface area contributed by atoms with Gasteiger partial charge in [0.25, 0.3) is 5.91 Å². The maximum atomic E-state index is 12.7. The Morgan fingerprint density at radius 3 is 2.81 bits per heavy atom. The second-order valence-corrected chi connectivity index (χ2v) is 5.02. The molecule has 21 heavy (non-hydrogen) atoms. The van der Waals surface area contributed by atoms with Crippen LogP contribution < -0.4 is 0 Å². The summed E-state index contributed by atoms with van der Waals surface area (Å²) in [4.78, 5) is 18.6. The van der Waals surface area contributed by atoms with Gasteiger partial charge in [0, 0.05) is 18.8 Å². The fourth-order valence-corrected chi connectivity index (χ4v) is 2.72. The van der Waals surface area contributed by atoms with Crippen LogP contribution in [0.4, 0.5) is 0 Å². The molecule has 1 fully saturated rings. The topological polar surface area (TPSA) is 73.7 Å². The first-order valence-electron chi connectivity index (χ1n) is 7.24. The quantitative estimate of drug-likeness (QED) is 0.804. The van der Waals surface area contributed by atoms with Crippen LogP contribution >= 0.6 is 0 Å². The molecule has 1 saturated carbocycles. The Kier molecular flexibility index (Phi) is 5.73. The molecule has 1 aliphatic rings. The zero-order valence-corrected chi connectivity index (χ0v) is 12.0. The smallest absolute Gasteiger partial charge is 0.274 e. The minimum atomic E-state index is -0.258. The minimum Gasteiger partial charge on any atom is -0.395 e. The highest BCUT2D eigenvalue weighted by Gasteiger charge is 2.28. The molecule has 0 atom stereocenters. The summed E-state index contributed by atoms with van der Waals surface area (Å²) in [5, 5.41) is 18.0. The van der Waals surface area contributed by atoms with E-state index in [1.165, 1.54) is 0 Å². The first kappa shape index (κ1) is 15.5. The number of nitrogens with zero attached hydrogens (tertiary/aromatic N) is 2. The van der Waals surface area contributed by atoms with Crippen molar-refractivity contribution < 1.29 is 15.0 Å². The molecule has 1 aromatic rings. The van der Waals surface area contributed by atoms with Crippen molar-refractivity contribution in [3.63, 3.8) is 0 Å². The Balaban J connectivity index is 2.27. The van der Waals surface area contributed by atoms with Crippen LogP contribution in [0.25, 0.3) is 0 Å². The first-order chi connectivity index (χ1) is 10.3. The highest BCUT2D eigenvalue weighted by Crippen LogP contribution is 2.24. The molecule has 2 rings (SSSR count). The van der Waals surface area contributed by atoms with E-state index in [-0.39, 0.29) is 25.2 Å². The van der Waals surface area contributed by atoms with E-state index < -0.39 is 0 Å². The zero-order chi connectivity index (χ0) is 15.1. The predicted molar refractivity (Wildman–Crippen MR) is 78.6 cm³/mol. The summed E-state index contributed by atoms with van der Waals surface area (Å²) in [5.41, 5.74) is 0.802. The van der Waals surface area contributed by atoms with Gasteiger partial charge in [0.1, 0.15) is 12.3 Å². The van der Waals surface area contributed by atoms with Crippen molar-refractivity contribution in [1.29, 1.82) is 0 Å². The molecule has 0 unspecified atom stereocenters. The summed E-state index contributed by atoms with van der Waals surface area (Å²) in [6, 6.07) is 3.60. The first-order valence-corrected chi connectivity index (χ1v) is 7.24. The van der Waals surface area contributed by atoms with Crippen molar-refractivity contribution in [2.75, 3.05) is 19.8 Å². The molecule has 0 aliphatic heterocycles. The Morgan fingerprint density at radius 2 is 2.14 bits per heavy atom. The van der Waals surface area contributed by atoms with Crippen LogP contribution in [0.15, 0.2) is 18.3 Å². The lowest BCUT2D eigenvalue weighted by atomic mass is 10.1. The van der Waals surface area contributed by atoms with Crippen LogP contribution in [0.1, 0.15) is 41.7 Å². The largest absolute Gasteiger partial charge is 0.395 e. The number of aliphatic hydroxyl groups is 2. The van der Waals surface area contributed by atoms with Crippen LogP contribution in [0, 0.1) is 11.8 Å². The maximum absolute atomic E-state index is 12.7. The third-order valence-corrected chi connectivity index (χ3v) is 3.68. The van der Waals surface area contributed by atoms with Crippen LogP contribution in [0.3, 0.4) is 0 Å². The second-order valence-electron chi connectivity index (χ2n) is 5.02. The molecule has 0 aromatic carbocycles. The molecule has 1 aliphatic carbocycles. The van der Waals surface area contributed by atoms with E-state index in [9.17, 15) is 9.90 Å². The fraction of sp³-hybridized carbons (Fsp3) is 0.500. The number of hydrogen-bond acceptors (Lipinski definition) is 4. The normalized spacial score (nSPS) is 14.6. The molecule has 0 radical (unpaired) electrons. The van der Waals surface area contributed by atoms with Gasteiger partial charge < -0.3 is 15.1 Å². The summed E-state index contributed by atoms with van der Waals surface area (Å²) in [5.74, 6) is 5.11. The monoisotopic (exact) mass is 288 g/mol. The van der Waals surface area contributed by atoms with Crippen molar-refractivity contribution in [2.24, 2.45) is 0 Å². The predicted octanol–water partition coefficient (Wildman–Crippen LogP) is 0.802. The van der Waals surface area contributed by atoms with E-state index in [0.29, 0.717) is 17.8 Å². The SMILES string of the molecule is O=C(c1ncccc1C#CCO)N(CCO)C1CCCC1. The molecule has 0 spiro atoms. The van der Waals surface area contributed by atoms with Crippen LogP contribution in [0.5, 0.6) is 0 Å². The van der Waals surface area contributed by atoms with Gasteiger partial charge in [-0.2, -0.15) is 0 Å². The lowest BCUT2D eigenvalue weighted by molar-refractivity contribution is 0.0631. The Hall–Kier alpha value is -1.90. The van der Waals surface area contributed by atoms with Gasteiger partial charge in [-0.15, -0.1) is 0 Å². The Bertz CT molecular complexity index is 542. The van der Waals surface area contributed by atoms with Gasteiger partial charge in [0.05, 0.1) is 12.2 Å². The third-order valence-electron chi connectivity index (χ3n) is 3.68. The van der Waals surface area contributed by atoms with Gasteiger partial charge in [-0.25, -0.2) is 4.98 Å². The molecular weight excluding hydrogens is 268 g/mol. The number of hydrogen-bond donors (Lipinski definition) is 2. The van der Waals surface area contributed by atoms with Gasteiger partial charge in [0.15, 0.2) is 0 Å². The van der Waals surface area contributed by atoms with Crippen LogP contribution in [-0.2, 0) is 0 Å². The highest BCUT2D eigenvalue weighted by molar-refractivity contribution is 5.95. The van der Waals surface area contributed by atoms with E-state index in [2.05, 4.69) is 16.8 Å². The molecule has 1 heterocycles. The lowest BCUT2D eigenvalue weighted by Crippen LogP contribution is -2.41. The summed E-state index contributed by atoms with van der Waals surface area (Å²) in [6.45, 7) is -0.00876. The molecule has 2 N–H and O–H groups in total. The number of amides is 1. The van der Waals surface area contributed by atoms with Gasteiger partial charge in [-0.05, 0) is 25.0 Å². The Labute approximate surface area is 124 Å². The van der Waals surface area contributed by atoms with E-state index in [1.807, 2.05) is 0 Å². The third kappa shape index (κ3) is 3.81. The highest BCUT2D eigenvalue weighted by atomic mass is 16.3. The number of aromatic nitrogens is 1. The van der Waals surface area contributed by atoms with E-state index in [4.69, 9.17) is 5.11 Å². The Morgan fingerprint density at radius 1 is 1.38 bits per heavy atom. The molecule has 5 nitrogen and oxygen atoms in total. The van der Waals surface area contributed by atoms with Crippen molar-refractivity contribution in [1.82, 2.24) is 9.88 Å². The second kappa shape index (κ2) is 7.77. The van der Waals surface area contributed by atoms with Crippen molar-refractivity contribution in [2.45, 2.75) is 31.7 Å². The number of carbonyl (C=O) groups is 1. The molecule has 0 saturated heterocycles. The molecule has 1 amide bonds. The number of aliphatic hydroxyl groups excluding tert-OH is 2. The molecule has 112 valence electrons. The standard InChI is InChI=1S/C16H20N2O3/c19-11-4-6-13-5-3-9-17-15(13)16(21)18(10-12-20)14-7-1-2-8-14/h3,5,9,14,19-20H,1-2,7-8,10-12H2. The number of rotatable bonds is 4. The molecule has 1 aromatic heterocycles. The molecule has 5 heteroatoms. The number of carbonyl (C=O) groups excluding carboxylic acids is 1. The molecule has 0 bridgehead atoms. The van der Waals surface area contributed by atoms with Crippen molar-refractivity contribution >= 4 is 5.91 Å². The van der Waals surface area contributed by atoms with E-state index in [0.717, 1.165) is 25.7 Å². The maximum Gasteiger partial charge on any atom is 0.274 e. The van der Waals surface area contributed by atoms with Gasteiger partial charge in [-0.1, -0.05) is 24.7 Å². The summed E-state index contributed by atoms with van der Waals surface area (Å²) in [7, 11) is 0. The van der Waals surface area contributed by atoms with Gasteiger partial charge in [-0.3, -0.25) is 4.79 Å². The lowest BCUT2D eigenvalue weighted by Gasteiger charge is -2.28. The van der Waals surface area contributed by atoms with Gasteiger partial charge in [0.2, 0.25) is 0 Å². The average molecular weight is 288 g/mol. The molecular formula is C16H20N2O3. The van der Waals surface area contributed by atoms with Crippen LogP contribution in [0.2, 0.25) is 0 Å². The van der Waals surface area contributed by atoms with Crippen molar-refractivity contribution in [3.8, 4) is 11.8 Å². The van der Waals surface area contributed by atoms with Crippen molar-refractivity contribution in [3.05, 3.63) is 29.6 Å². The average Bonchev–Trinajstić information content (AvgIpc) is 3.04. The summed E-state index contributed by atoms with van der Waals surface area (Å²) in [6.07, 6.45) is 5.72.